The van der Waals surface area contributed by atoms with Crippen molar-refractivity contribution in [1.29, 1.82) is 5.26 Å². The van der Waals surface area contributed by atoms with Crippen LogP contribution in [0.3, 0.4) is 0 Å². The molecule has 0 amide bonds. The number of nitrogens with zero attached hydrogens (tertiary/aromatic N) is 1. The van der Waals surface area contributed by atoms with Gasteiger partial charge in [0.25, 0.3) is 0 Å². The summed E-state index contributed by atoms with van der Waals surface area (Å²) in [6.07, 6.45) is 1.82. The lowest BCUT2D eigenvalue weighted by Gasteiger charge is -2.07. The smallest absolute Gasteiger partial charge is 0.120 e. The third-order valence-electron chi connectivity index (χ3n) is 3.74. The van der Waals surface area contributed by atoms with Crippen LogP contribution in [0.2, 0.25) is 10.0 Å². The van der Waals surface area contributed by atoms with Crippen molar-refractivity contribution < 1.29 is 4.74 Å². The van der Waals surface area contributed by atoms with Gasteiger partial charge in [-0.2, -0.15) is 5.26 Å². The largest absolute Gasteiger partial charge is 0.489 e. The molecular weight excluding hydrogens is 365 g/mol. The van der Waals surface area contributed by atoms with E-state index in [0.717, 1.165) is 22.4 Å². The highest BCUT2D eigenvalue weighted by molar-refractivity contribution is 6.31. The zero-order valence-electron chi connectivity index (χ0n) is 13.8. The van der Waals surface area contributed by atoms with E-state index in [1.54, 1.807) is 12.1 Å². The summed E-state index contributed by atoms with van der Waals surface area (Å²) in [5, 5.41) is 10.8. The topological polar surface area (TPSA) is 33.0 Å². The monoisotopic (exact) mass is 379 g/mol. The van der Waals surface area contributed by atoms with Crippen molar-refractivity contribution >= 4 is 34.9 Å². The summed E-state index contributed by atoms with van der Waals surface area (Å²) in [6.45, 7) is 0.448. The van der Waals surface area contributed by atoms with Crippen molar-refractivity contribution in [1.82, 2.24) is 0 Å². The Morgan fingerprint density at radius 1 is 0.923 bits per heavy atom. The van der Waals surface area contributed by atoms with Crippen LogP contribution in [-0.4, -0.2) is 0 Å². The van der Waals surface area contributed by atoms with Crippen LogP contribution in [0.1, 0.15) is 16.7 Å². The zero-order chi connectivity index (χ0) is 18.4. The fourth-order valence-electron chi connectivity index (χ4n) is 2.44. The maximum Gasteiger partial charge on any atom is 0.120 e. The first kappa shape index (κ1) is 18.1. The number of ether oxygens (including phenoxy) is 1. The molecule has 0 N–H and O–H groups in total. The highest BCUT2D eigenvalue weighted by Gasteiger charge is 2.03. The predicted octanol–water partition coefficient (Wildman–Crippen LogP) is 6.64. The van der Waals surface area contributed by atoms with Gasteiger partial charge in [-0.05, 0) is 59.2 Å². The second-order valence-electron chi connectivity index (χ2n) is 5.67. The van der Waals surface area contributed by atoms with E-state index in [2.05, 4.69) is 6.07 Å². The summed E-state index contributed by atoms with van der Waals surface area (Å²) in [6, 6.07) is 24.6. The molecule has 0 bridgehead atoms. The number of nitriles is 1. The molecule has 0 aliphatic rings. The molecule has 4 heteroatoms. The Morgan fingerprint density at radius 3 is 2.42 bits per heavy atom. The average Bonchev–Trinajstić information content (AvgIpc) is 2.66. The molecule has 128 valence electrons. The molecule has 26 heavy (non-hydrogen) atoms. The van der Waals surface area contributed by atoms with E-state index < -0.39 is 0 Å². The van der Waals surface area contributed by atoms with Gasteiger partial charge in [0, 0.05) is 10.0 Å². The molecule has 0 saturated heterocycles. The molecule has 2 nitrogen and oxygen atoms in total. The fraction of sp³-hybridized carbons (Fsp3) is 0.0455. The molecule has 0 atom stereocenters. The summed E-state index contributed by atoms with van der Waals surface area (Å²) in [5.41, 5.74) is 3.25. The number of allylic oxidation sites excluding steroid dienone is 1. The third kappa shape index (κ3) is 4.89. The number of hydrogen-bond donors (Lipinski definition) is 0. The average molecular weight is 380 g/mol. The maximum absolute atomic E-state index is 9.47. The van der Waals surface area contributed by atoms with Crippen LogP contribution in [0.25, 0.3) is 11.6 Å². The molecule has 0 fully saturated rings. The van der Waals surface area contributed by atoms with Crippen LogP contribution in [0.15, 0.2) is 72.8 Å². The molecule has 0 spiro atoms. The molecule has 0 radical (unpaired) electrons. The van der Waals surface area contributed by atoms with Gasteiger partial charge in [0.05, 0.1) is 11.6 Å². The van der Waals surface area contributed by atoms with Crippen molar-refractivity contribution in [2.45, 2.75) is 6.61 Å². The second kappa shape index (κ2) is 8.58. The van der Waals surface area contributed by atoms with Crippen molar-refractivity contribution in [3.8, 4) is 11.8 Å². The summed E-state index contributed by atoms with van der Waals surface area (Å²) in [4.78, 5) is 0. The summed E-state index contributed by atoms with van der Waals surface area (Å²) >= 11 is 11.9. The van der Waals surface area contributed by atoms with Gasteiger partial charge in [0.1, 0.15) is 12.4 Å². The third-order valence-corrected chi connectivity index (χ3v) is 4.23. The Balaban J connectivity index is 1.77. The van der Waals surface area contributed by atoms with Gasteiger partial charge in [-0.25, -0.2) is 0 Å². The Morgan fingerprint density at radius 2 is 1.69 bits per heavy atom. The van der Waals surface area contributed by atoms with Crippen LogP contribution < -0.4 is 4.74 Å². The number of hydrogen-bond acceptors (Lipinski definition) is 2. The Kier molecular flexibility index (Phi) is 5.96. The van der Waals surface area contributed by atoms with Crippen LogP contribution in [0, 0.1) is 11.3 Å². The number of halogens is 2. The first-order valence-corrected chi connectivity index (χ1v) is 8.75. The molecule has 0 unspecified atom stereocenters. The lowest BCUT2D eigenvalue weighted by atomic mass is 10.0. The predicted molar refractivity (Wildman–Crippen MR) is 107 cm³/mol. The van der Waals surface area contributed by atoms with Crippen LogP contribution >= 0.6 is 23.2 Å². The first-order chi connectivity index (χ1) is 12.6. The Bertz CT molecular complexity index is 972. The highest BCUT2D eigenvalue weighted by atomic mass is 35.5. The highest BCUT2D eigenvalue weighted by Crippen LogP contribution is 2.23. The second-order valence-corrected chi connectivity index (χ2v) is 6.54. The molecule has 0 aliphatic heterocycles. The van der Waals surface area contributed by atoms with E-state index in [0.29, 0.717) is 22.2 Å². The first-order valence-electron chi connectivity index (χ1n) is 7.99. The maximum atomic E-state index is 9.47. The quantitative estimate of drug-likeness (QED) is 0.367. The lowest BCUT2D eigenvalue weighted by molar-refractivity contribution is 0.306. The van der Waals surface area contributed by atoms with Gasteiger partial charge in [0.2, 0.25) is 0 Å². The SMILES string of the molecule is N#C/C(=C/c1cccc(OCc2ccc(Cl)cc2)c1)c1cccc(Cl)c1. The van der Waals surface area contributed by atoms with E-state index in [-0.39, 0.29) is 0 Å². The van der Waals surface area contributed by atoms with E-state index >= 15 is 0 Å². The Hall–Kier alpha value is -2.73. The van der Waals surface area contributed by atoms with Gasteiger partial charge in [-0.15, -0.1) is 0 Å². The van der Waals surface area contributed by atoms with E-state index in [4.69, 9.17) is 27.9 Å². The van der Waals surface area contributed by atoms with Crippen molar-refractivity contribution in [3.05, 3.63) is 99.5 Å². The molecule has 0 heterocycles. The minimum atomic E-state index is 0.448. The van der Waals surface area contributed by atoms with Gasteiger partial charge in [-0.3, -0.25) is 0 Å². The van der Waals surface area contributed by atoms with Crippen LogP contribution in [-0.2, 0) is 6.61 Å². The summed E-state index contributed by atoms with van der Waals surface area (Å²) in [7, 11) is 0. The molecule has 3 aromatic carbocycles. The van der Waals surface area contributed by atoms with Crippen molar-refractivity contribution in [2.75, 3.05) is 0 Å². The zero-order valence-corrected chi connectivity index (χ0v) is 15.3. The standard InChI is InChI=1S/C22H15Cl2NO/c23-20-9-7-16(8-10-20)15-26-22-6-1-3-17(12-22)11-19(14-25)18-4-2-5-21(24)13-18/h1-13H,15H2/b19-11-. The van der Waals surface area contributed by atoms with Gasteiger partial charge >= 0.3 is 0 Å². The fourth-order valence-corrected chi connectivity index (χ4v) is 2.76. The van der Waals surface area contributed by atoms with Crippen LogP contribution in [0.4, 0.5) is 0 Å². The van der Waals surface area contributed by atoms with Crippen molar-refractivity contribution in [3.63, 3.8) is 0 Å². The Labute approximate surface area is 162 Å². The van der Waals surface area contributed by atoms with Crippen molar-refractivity contribution in [2.24, 2.45) is 0 Å². The molecule has 0 aromatic heterocycles. The van der Waals surface area contributed by atoms with E-state index in [1.807, 2.05) is 66.7 Å². The van der Waals surface area contributed by atoms with Gasteiger partial charge in [-0.1, -0.05) is 59.6 Å². The molecule has 3 aromatic rings. The number of rotatable bonds is 5. The van der Waals surface area contributed by atoms with E-state index in [1.165, 1.54) is 0 Å². The van der Waals surface area contributed by atoms with Gasteiger partial charge in [0.15, 0.2) is 0 Å². The normalized spacial score (nSPS) is 11.0. The number of benzene rings is 3. The van der Waals surface area contributed by atoms with Crippen LogP contribution in [0.5, 0.6) is 5.75 Å². The summed E-state index contributed by atoms with van der Waals surface area (Å²) < 4.78 is 5.84. The molecule has 3 rings (SSSR count). The molecule has 0 aliphatic carbocycles. The minimum absolute atomic E-state index is 0.448. The molecule has 0 saturated carbocycles. The lowest BCUT2D eigenvalue weighted by Crippen LogP contribution is -1.95. The van der Waals surface area contributed by atoms with E-state index in [9.17, 15) is 5.26 Å². The van der Waals surface area contributed by atoms with Gasteiger partial charge < -0.3 is 4.74 Å². The summed E-state index contributed by atoms with van der Waals surface area (Å²) in [5.74, 6) is 0.733. The minimum Gasteiger partial charge on any atom is -0.489 e. The molecular formula is C22H15Cl2NO.